The normalized spacial score (nSPS) is 24.5. The van der Waals surface area contributed by atoms with Crippen LogP contribution in [0.5, 0.6) is 5.75 Å². The molecule has 0 radical (unpaired) electrons. The first-order chi connectivity index (χ1) is 8.99. The number of hydrogen-bond donors (Lipinski definition) is 0. The first-order valence-corrected chi connectivity index (χ1v) is 7.01. The van der Waals surface area contributed by atoms with E-state index < -0.39 is 0 Å². The Balaban J connectivity index is 2.12. The van der Waals surface area contributed by atoms with Gasteiger partial charge in [0.05, 0.1) is 19.3 Å². The van der Waals surface area contributed by atoms with Gasteiger partial charge in [0.2, 0.25) is 0 Å². The zero-order valence-electron chi connectivity index (χ0n) is 12.7. The summed E-state index contributed by atoms with van der Waals surface area (Å²) in [6.45, 7) is 11.6. The number of nitrogens with zero attached hydrogens (tertiary/aromatic N) is 1. The highest BCUT2D eigenvalue weighted by molar-refractivity contribution is 5.41. The molecule has 19 heavy (non-hydrogen) atoms. The summed E-state index contributed by atoms with van der Waals surface area (Å²) in [5, 5.41) is 0. The molecule has 1 aliphatic heterocycles. The molecule has 1 heterocycles. The molecule has 0 spiro atoms. The number of benzene rings is 1. The standard InChI is InChI=1S/C16H25NO2/c1-11-7-16(18-5)12(2)6-15(11)10-17-8-13(3)19-14(4)9-17/h6-7,13-14H,8-10H2,1-5H3/t13-,14-/m1/s1. The maximum atomic E-state index is 5.78. The van der Waals surface area contributed by atoms with Crippen LogP contribution in [-0.2, 0) is 11.3 Å². The number of hydrogen-bond acceptors (Lipinski definition) is 3. The summed E-state index contributed by atoms with van der Waals surface area (Å²) in [6.07, 6.45) is 0.645. The van der Waals surface area contributed by atoms with Gasteiger partial charge in [0.1, 0.15) is 5.75 Å². The third kappa shape index (κ3) is 3.48. The van der Waals surface area contributed by atoms with E-state index in [9.17, 15) is 0 Å². The quantitative estimate of drug-likeness (QED) is 0.837. The van der Waals surface area contributed by atoms with E-state index in [0.29, 0.717) is 12.2 Å². The molecule has 106 valence electrons. The van der Waals surface area contributed by atoms with Crippen LogP contribution in [0.2, 0.25) is 0 Å². The van der Waals surface area contributed by atoms with Crippen LogP contribution < -0.4 is 4.74 Å². The summed E-state index contributed by atoms with van der Waals surface area (Å²) in [5.74, 6) is 0.977. The fourth-order valence-corrected chi connectivity index (χ4v) is 2.89. The lowest BCUT2D eigenvalue weighted by molar-refractivity contribution is -0.0705. The van der Waals surface area contributed by atoms with Gasteiger partial charge in [0.15, 0.2) is 0 Å². The van der Waals surface area contributed by atoms with Crippen molar-refractivity contribution in [2.24, 2.45) is 0 Å². The predicted octanol–water partition coefficient (Wildman–Crippen LogP) is 2.92. The first kappa shape index (κ1) is 14.4. The number of rotatable bonds is 3. The van der Waals surface area contributed by atoms with Crippen molar-refractivity contribution in [3.8, 4) is 5.75 Å². The van der Waals surface area contributed by atoms with Crippen LogP contribution in [0, 0.1) is 13.8 Å². The Bertz CT molecular complexity index is 435. The maximum Gasteiger partial charge on any atom is 0.122 e. The lowest BCUT2D eigenvalue weighted by Crippen LogP contribution is -2.44. The molecule has 0 saturated carbocycles. The fraction of sp³-hybridized carbons (Fsp3) is 0.625. The van der Waals surface area contributed by atoms with Gasteiger partial charge in [-0.2, -0.15) is 0 Å². The molecular formula is C16H25NO2. The minimum absolute atomic E-state index is 0.323. The summed E-state index contributed by atoms with van der Waals surface area (Å²) in [7, 11) is 1.73. The van der Waals surface area contributed by atoms with Gasteiger partial charge >= 0.3 is 0 Å². The van der Waals surface area contributed by atoms with Crippen LogP contribution in [-0.4, -0.2) is 37.3 Å². The Kier molecular flexibility index (Phi) is 4.48. The van der Waals surface area contributed by atoms with Gasteiger partial charge in [-0.05, 0) is 50.5 Å². The Labute approximate surface area is 116 Å². The maximum absolute atomic E-state index is 5.78. The Morgan fingerprint density at radius 1 is 1.16 bits per heavy atom. The third-order valence-electron chi connectivity index (χ3n) is 3.74. The van der Waals surface area contributed by atoms with Crippen molar-refractivity contribution in [2.75, 3.05) is 20.2 Å². The monoisotopic (exact) mass is 263 g/mol. The minimum atomic E-state index is 0.323. The van der Waals surface area contributed by atoms with Crippen molar-refractivity contribution in [1.29, 1.82) is 0 Å². The molecule has 0 unspecified atom stereocenters. The van der Waals surface area contributed by atoms with Crippen LogP contribution in [0.1, 0.15) is 30.5 Å². The van der Waals surface area contributed by atoms with E-state index >= 15 is 0 Å². The number of ether oxygens (including phenoxy) is 2. The van der Waals surface area contributed by atoms with Crippen molar-refractivity contribution in [1.82, 2.24) is 4.90 Å². The summed E-state index contributed by atoms with van der Waals surface area (Å²) >= 11 is 0. The molecule has 0 amide bonds. The topological polar surface area (TPSA) is 21.7 Å². The van der Waals surface area contributed by atoms with Crippen LogP contribution in [0.4, 0.5) is 0 Å². The average Bonchev–Trinajstić information content (AvgIpc) is 2.32. The summed E-state index contributed by atoms with van der Waals surface area (Å²) in [4.78, 5) is 2.48. The van der Waals surface area contributed by atoms with E-state index in [2.05, 4.69) is 44.7 Å². The van der Waals surface area contributed by atoms with Crippen LogP contribution in [0.25, 0.3) is 0 Å². The summed E-state index contributed by atoms with van der Waals surface area (Å²) in [5.41, 5.74) is 3.89. The van der Waals surface area contributed by atoms with E-state index in [0.717, 1.165) is 25.4 Å². The van der Waals surface area contributed by atoms with Crippen LogP contribution in [0.15, 0.2) is 12.1 Å². The Morgan fingerprint density at radius 2 is 1.79 bits per heavy atom. The fourth-order valence-electron chi connectivity index (χ4n) is 2.89. The third-order valence-corrected chi connectivity index (χ3v) is 3.74. The van der Waals surface area contributed by atoms with Gasteiger partial charge < -0.3 is 9.47 Å². The van der Waals surface area contributed by atoms with Gasteiger partial charge in [-0.3, -0.25) is 4.90 Å². The second-order valence-corrected chi connectivity index (χ2v) is 5.70. The van der Waals surface area contributed by atoms with E-state index in [1.165, 1.54) is 16.7 Å². The van der Waals surface area contributed by atoms with E-state index in [1.807, 2.05) is 0 Å². The summed E-state index contributed by atoms with van der Waals surface area (Å²) in [6, 6.07) is 4.39. The van der Waals surface area contributed by atoms with Crippen molar-refractivity contribution >= 4 is 0 Å². The van der Waals surface area contributed by atoms with Gasteiger partial charge in [0.25, 0.3) is 0 Å². The molecule has 0 aliphatic carbocycles. The number of methoxy groups -OCH3 is 1. The number of morpholine rings is 1. The van der Waals surface area contributed by atoms with Crippen molar-refractivity contribution in [3.05, 3.63) is 28.8 Å². The molecule has 3 nitrogen and oxygen atoms in total. The molecule has 0 N–H and O–H groups in total. The van der Waals surface area contributed by atoms with E-state index in [-0.39, 0.29) is 0 Å². The first-order valence-electron chi connectivity index (χ1n) is 7.01. The lowest BCUT2D eigenvalue weighted by atomic mass is 10.0. The smallest absolute Gasteiger partial charge is 0.122 e. The molecule has 2 rings (SSSR count). The molecule has 1 saturated heterocycles. The van der Waals surface area contributed by atoms with E-state index in [4.69, 9.17) is 9.47 Å². The highest BCUT2D eigenvalue weighted by atomic mass is 16.5. The molecule has 1 fully saturated rings. The zero-order valence-corrected chi connectivity index (χ0v) is 12.7. The lowest BCUT2D eigenvalue weighted by Gasteiger charge is -2.35. The second kappa shape index (κ2) is 5.93. The minimum Gasteiger partial charge on any atom is -0.496 e. The van der Waals surface area contributed by atoms with Gasteiger partial charge in [-0.15, -0.1) is 0 Å². The molecule has 0 bridgehead atoms. The average molecular weight is 263 g/mol. The van der Waals surface area contributed by atoms with Crippen molar-refractivity contribution in [2.45, 2.75) is 46.4 Å². The van der Waals surface area contributed by atoms with Crippen LogP contribution >= 0.6 is 0 Å². The molecule has 0 aromatic heterocycles. The van der Waals surface area contributed by atoms with Gasteiger partial charge in [0, 0.05) is 19.6 Å². The molecular weight excluding hydrogens is 238 g/mol. The second-order valence-electron chi connectivity index (χ2n) is 5.70. The highest BCUT2D eigenvalue weighted by Crippen LogP contribution is 2.24. The Hall–Kier alpha value is -1.06. The highest BCUT2D eigenvalue weighted by Gasteiger charge is 2.22. The molecule has 1 aromatic carbocycles. The van der Waals surface area contributed by atoms with Crippen LogP contribution in [0.3, 0.4) is 0 Å². The van der Waals surface area contributed by atoms with E-state index in [1.54, 1.807) is 7.11 Å². The SMILES string of the molecule is COc1cc(C)c(CN2C[C@@H](C)O[C@H](C)C2)cc1C. The predicted molar refractivity (Wildman–Crippen MR) is 77.8 cm³/mol. The molecule has 1 aliphatic rings. The molecule has 3 heteroatoms. The molecule has 2 atom stereocenters. The van der Waals surface area contributed by atoms with Gasteiger partial charge in [-0.1, -0.05) is 6.07 Å². The zero-order chi connectivity index (χ0) is 14.0. The molecule has 1 aromatic rings. The number of aryl methyl sites for hydroxylation is 2. The van der Waals surface area contributed by atoms with Crippen molar-refractivity contribution in [3.63, 3.8) is 0 Å². The Morgan fingerprint density at radius 3 is 2.37 bits per heavy atom. The van der Waals surface area contributed by atoms with Gasteiger partial charge in [-0.25, -0.2) is 0 Å². The largest absolute Gasteiger partial charge is 0.496 e. The summed E-state index contributed by atoms with van der Waals surface area (Å²) < 4.78 is 11.2. The van der Waals surface area contributed by atoms with Crippen molar-refractivity contribution < 1.29 is 9.47 Å².